The molecule has 0 radical (unpaired) electrons. The zero-order valence-electron chi connectivity index (χ0n) is 40.0. The van der Waals surface area contributed by atoms with Gasteiger partial charge in [0.05, 0.1) is 49.8 Å². The molecule has 3 N–H and O–H groups in total. The number of likely N-dealkylation sites (N-methyl/N-ethyl adjacent to an activating group) is 1. The topological polar surface area (TPSA) is 190 Å². The standard InChI is InChI=1S/C54H57N7O9/c1-6-7-8-17-51(63)57-29-52(64)58-33(2)53(65)59-39-19-34(31-69-49-25-43(38(30-62)23-47(49)67-4)55-27-40-21-36-13-9-11-15-45(36)60(40)3)18-35(20-39)32-70-50-26-44-42(24-48(50)68-5)54(66)61-41(28-56-44)22-37-14-10-12-16-46(37)61/h9-16,18-20,23-28,30,33,40-41H,6-8,17,21-22,29,31-32H2,1-5H3,(H,57,63)(H,58,64)(H,59,65)/b55-27-/t33?,40?,41-/m0/s1. The maximum absolute atomic E-state index is 14.0. The molecule has 0 bridgehead atoms. The Kier molecular flexibility index (Phi) is 15.2. The number of carbonyl (C=O) groups excluding carboxylic acids is 5. The summed E-state index contributed by atoms with van der Waals surface area (Å²) in [6.07, 6.45) is 8.72. The Bertz CT molecular complexity index is 2860. The maximum Gasteiger partial charge on any atom is 0.261 e. The lowest BCUT2D eigenvalue weighted by Gasteiger charge is -2.22. The third-order valence-corrected chi connectivity index (χ3v) is 12.6. The van der Waals surface area contributed by atoms with Crippen LogP contribution in [0.3, 0.4) is 0 Å². The molecule has 0 fully saturated rings. The first-order chi connectivity index (χ1) is 34.0. The number of fused-ring (bicyclic) bond motifs is 5. The predicted octanol–water partition coefficient (Wildman–Crippen LogP) is 7.86. The van der Waals surface area contributed by atoms with Gasteiger partial charge >= 0.3 is 0 Å². The molecular formula is C54H57N7O9. The minimum absolute atomic E-state index is 0.00835. The molecule has 70 heavy (non-hydrogen) atoms. The highest BCUT2D eigenvalue weighted by Crippen LogP contribution is 2.42. The molecule has 5 aromatic carbocycles. The summed E-state index contributed by atoms with van der Waals surface area (Å²) in [5, 5.41) is 8.16. The van der Waals surface area contributed by atoms with Crippen LogP contribution in [-0.4, -0.2) is 88.3 Å². The zero-order valence-corrected chi connectivity index (χ0v) is 40.0. The van der Waals surface area contributed by atoms with Gasteiger partial charge in [0.15, 0.2) is 29.3 Å². The van der Waals surface area contributed by atoms with E-state index in [4.69, 9.17) is 28.9 Å². The number of aldehydes is 1. The Balaban J connectivity index is 1.02. The normalized spacial score (nSPS) is 15.8. The monoisotopic (exact) mass is 947 g/mol. The first-order valence-corrected chi connectivity index (χ1v) is 23.4. The fourth-order valence-electron chi connectivity index (χ4n) is 8.85. The van der Waals surface area contributed by atoms with Crippen LogP contribution in [0.15, 0.2) is 101 Å². The molecule has 16 heteroatoms. The third kappa shape index (κ3) is 11.0. The number of nitrogens with one attached hydrogen (secondary N) is 3. The summed E-state index contributed by atoms with van der Waals surface area (Å²) >= 11 is 0. The molecule has 16 nitrogen and oxygen atoms in total. The van der Waals surface area contributed by atoms with E-state index < -0.39 is 17.9 Å². The first-order valence-electron chi connectivity index (χ1n) is 23.4. The van der Waals surface area contributed by atoms with Crippen molar-refractivity contribution >= 4 is 70.8 Å². The molecule has 4 amide bonds. The second kappa shape index (κ2) is 22.0. The van der Waals surface area contributed by atoms with Crippen LogP contribution in [0.4, 0.5) is 28.4 Å². The van der Waals surface area contributed by atoms with E-state index in [2.05, 4.69) is 33.0 Å². The SMILES string of the molecule is CCCCCC(=O)NCC(=O)NC(C)C(=O)Nc1cc(COc2cc3c(cc2OC)C(=O)N2c4ccccc4C[C@H]2C=N3)cc(COc2cc(/N=C\C3Cc4ccccc4N3C)c(C=O)cc2OC)c1. The van der Waals surface area contributed by atoms with Gasteiger partial charge in [-0.3, -0.25) is 38.9 Å². The highest BCUT2D eigenvalue weighted by atomic mass is 16.5. The maximum atomic E-state index is 14.0. The molecule has 3 aliphatic heterocycles. The Morgan fingerprint density at radius 3 is 2.19 bits per heavy atom. The lowest BCUT2D eigenvalue weighted by Crippen LogP contribution is -2.45. The fourth-order valence-corrected chi connectivity index (χ4v) is 8.85. The van der Waals surface area contributed by atoms with Crippen LogP contribution in [-0.2, 0) is 40.4 Å². The zero-order chi connectivity index (χ0) is 49.3. The highest BCUT2D eigenvalue weighted by molar-refractivity contribution is 6.14. The second-order valence-corrected chi connectivity index (χ2v) is 17.5. The number of para-hydroxylation sites is 2. The van der Waals surface area contributed by atoms with Gasteiger partial charge < -0.3 is 39.8 Å². The van der Waals surface area contributed by atoms with Gasteiger partial charge in [0.25, 0.3) is 5.91 Å². The molecule has 3 heterocycles. The van der Waals surface area contributed by atoms with Crippen molar-refractivity contribution in [3.05, 3.63) is 124 Å². The van der Waals surface area contributed by atoms with Crippen molar-refractivity contribution in [1.29, 1.82) is 0 Å². The Morgan fingerprint density at radius 2 is 1.50 bits per heavy atom. The molecule has 8 rings (SSSR count). The van der Waals surface area contributed by atoms with Gasteiger partial charge in [-0.05, 0) is 84.5 Å². The quantitative estimate of drug-likeness (QED) is 0.0394. The molecule has 3 aliphatic rings. The predicted molar refractivity (Wildman–Crippen MR) is 269 cm³/mol. The lowest BCUT2D eigenvalue weighted by atomic mass is 10.1. The number of hydrogen-bond acceptors (Lipinski definition) is 12. The molecule has 0 aromatic heterocycles. The van der Waals surface area contributed by atoms with Gasteiger partial charge in [-0.1, -0.05) is 56.2 Å². The number of nitrogens with zero attached hydrogens (tertiary/aromatic N) is 4. The molecule has 2 unspecified atom stereocenters. The van der Waals surface area contributed by atoms with Crippen molar-refractivity contribution in [2.75, 3.05) is 42.9 Å². The van der Waals surface area contributed by atoms with E-state index in [1.54, 1.807) is 54.4 Å². The van der Waals surface area contributed by atoms with Crippen molar-refractivity contribution in [2.45, 2.75) is 83.7 Å². The summed E-state index contributed by atoms with van der Waals surface area (Å²) in [4.78, 5) is 78.2. The summed E-state index contributed by atoms with van der Waals surface area (Å²) in [6, 6.07) is 26.7. The number of benzene rings is 5. The van der Waals surface area contributed by atoms with Crippen molar-refractivity contribution in [3.63, 3.8) is 0 Å². The molecule has 0 saturated carbocycles. The molecule has 0 aliphatic carbocycles. The number of aliphatic imine (C=N–C) groups is 2. The van der Waals surface area contributed by atoms with Crippen molar-refractivity contribution in [3.8, 4) is 23.0 Å². The van der Waals surface area contributed by atoms with Gasteiger partial charge in [0, 0.05) is 67.1 Å². The van der Waals surface area contributed by atoms with Crippen LogP contribution in [0.1, 0.15) is 82.5 Å². The molecule has 0 saturated heterocycles. The van der Waals surface area contributed by atoms with E-state index in [1.165, 1.54) is 19.8 Å². The Hall–Kier alpha value is -8.01. The summed E-state index contributed by atoms with van der Waals surface area (Å²) in [5.41, 5.74) is 7.46. The largest absolute Gasteiger partial charge is 0.493 e. The van der Waals surface area contributed by atoms with Crippen molar-refractivity contribution in [2.24, 2.45) is 9.98 Å². The van der Waals surface area contributed by atoms with Crippen LogP contribution in [0.2, 0.25) is 0 Å². The number of anilines is 3. The Morgan fingerprint density at radius 1 is 0.829 bits per heavy atom. The van der Waals surface area contributed by atoms with E-state index >= 15 is 0 Å². The smallest absolute Gasteiger partial charge is 0.261 e. The van der Waals surface area contributed by atoms with E-state index in [-0.39, 0.29) is 43.7 Å². The van der Waals surface area contributed by atoms with Crippen molar-refractivity contribution in [1.82, 2.24) is 10.6 Å². The highest BCUT2D eigenvalue weighted by Gasteiger charge is 2.36. The summed E-state index contributed by atoms with van der Waals surface area (Å²) in [6.45, 7) is 3.31. The van der Waals surface area contributed by atoms with Crippen molar-refractivity contribution < 1.29 is 42.9 Å². The lowest BCUT2D eigenvalue weighted by molar-refractivity contribution is -0.128. The van der Waals surface area contributed by atoms with E-state index in [9.17, 15) is 24.0 Å². The molecule has 3 atom stereocenters. The van der Waals surface area contributed by atoms with Gasteiger partial charge in [-0.15, -0.1) is 0 Å². The summed E-state index contributed by atoms with van der Waals surface area (Å²) in [5.74, 6) is -0.105. The molecule has 0 spiro atoms. The second-order valence-electron chi connectivity index (χ2n) is 17.5. The fraction of sp³-hybridized carbons (Fsp3) is 0.315. The van der Waals surface area contributed by atoms with Crippen LogP contribution < -0.4 is 44.7 Å². The van der Waals surface area contributed by atoms with Crippen LogP contribution in [0.25, 0.3) is 0 Å². The number of methoxy groups -OCH3 is 2. The van der Waals surface area contributed by atoms with E-state index in [1.807, 2.05) is 62.7 Å². The third-order valence-electron chi connectivity index (χ3n) is 12.6. The molecule has 362 valence electrons. The molecular weight excluding hydrogens is 891 g/mol. The average Bonchev–Trinajstić information content (AvgIpc) is 3.87. The van der Waals surface area contributed by atoms with Gasteiger partial charge in [0.2, 0.25) is 17.7 Å². The first kappa shape index (κ1) is 48.4. The van der Waals surface area contributed by atoms with Gasteiger partial charge in [-0.25, -0.2) is 0 Å². The minimum atomic E-state index is -0.960. The Labute approximate surface area is 407 Å². The number of amides is 4. The summed E-state index contributed by atoms with van der Waals surface area (Å²) in [7, 11) is 5.00. The van der Waals surface area contributed by atoms with E-state index in [0.717, 1.165) is 48.9 Å². The number of carbonyl (C=O) groups is 5. The molecule has 5 aromatic rings. The minimum Gasteiger partial charge on any atom is -0.493 e. The average molecular weight is 948 g/mol. The number of ether oxygens (including phenoxy) is 4. The van der Waals surface area contributed by atoms with Crippen LogP contribution in [0, 0.1) is 0 Å². The number of hydrogen-bond donors (Lipinski definition) is 3. The number of unbranched alkanes of at least 4 members (excludes halogenated alkanes) is 2. The van der Waals surface area contributed by atoms with Crippen LogP contribution in [0.5, 0.6) is 23.0 Å². The van der Waals surface area contributed by atoms with Gasteiger partial charge in [-0.2, -0.15) is 0 Å². The van der Waals surface area contributed by atoms with E-state index in [0.29, 0.717) is 75.2 Å². The number of rotatable bonds is 20. The van der Waals surface area contributed by atoms with Gasteiger partial charge in [0.1, 0.15) is 19.3 Å². The van der Waals surface area contributed by atoms with Crippen LogP contribution >= 0.6 is 0 Å². The summed E-state index contributed by atoms with van der Waals surface area (Å²) < 4.78 is 24.2.